The number of fused-ring (bicyclic) bond motifs is 3. The Kier molecular flexibility index (Phi) is 1.39. The Morgan fingerprint density at radius 3 is 3.08 bits per heavy atom. The second kappa shape index (κ2) is 2.56. The van der Waals surface area contributed by atoms with Crippen LogP contribution in [0.1, 0.15) is 17.5 Å². The van der Waals surface area contributed by atoms with Gasteiger partial charge in [-0.3, -0.25) is 4.98 Å². The Morgan fingerprint density at radius 1 is 1.08 bits per heavy atom. The van der Waals surface area contributed by atoms with Crippen molar-refractivity contribution in [2.45, 2.75) is 19.3 Å². The average molecular weight is 169 g/mol. The number of pyridine rings is 1. The molecule has 13 heavy (non-hydrogen) atoms. The maximum atomic E-state index is 4.45. The molecule has 0 radical (unpaired) electrons. The van der Waals surface area contributed by atoms with E-state index < -0.39 is 0 Å². The fourth-order valence-corrected chi connectivity index (χ4v) is 2.22. The molecule has 0 spiro atoms. The van der Waals surface area contributed by atoms with E-state index in [1.54, 1.807) is 0 Å². The minimum atomic E-state index is 1.21. The highest BCUT2D eigenvalue weighted by molar-refractivity contribution is 5.83. The first-order chi connectivity index (χ1) is 6.45. The molecule has 2 aromatic rings. The van der Waals surface area contributed by atoms with Gasteiger partial charge in [0.2, 0.25) is 0 Å². The smallest absolute Gasteiger partial charge is 0.0736 e. The summed E-state index contributed by atoms with van der Waals surface area (Å²) in [6.45, 7) is 0. The lowest BCUT2D eigenvalue weighted by Crippen LogP contribution is -1.87. The van der Waals surface area contributed by atoms with Gasteiger partial charge in [0.1, 0.15) is 0 Å². The van der Waals surface area contributed by atoms with Crippen LogP contribution in [0.25, 0.3) is 10.9 Å². The van der Waals surface area contributed by atoms with Gasteiger partial charge < -0.3 is 0 Å². The number of aryl methyl sites for hydroxylation is 2. The van der Waals surface area contributed by atoms with Crippen molar-refractivity contribution in [1.29, 1.82) is 0 Å². The third kappa shape index (κ3) is 0.966. The summed E-state index contributed by atoms with van der Waals surface area (Å²) in [6.07, 6.45) is 5.64. The number of hydrogen-bond donors (Lipinski definition) is 0. The number of hydrogen-bond acceptors (Lipinski definition) is 1. The SMILES string of the molecule is c1cnc2c3c(ccc2c1)CCC3. The molecule has 0 fully saturated rings. The van der Waals surface area contributed by atoms with Crippen molar-refractivity contribution in [3.8, 4) is 0 Å². The van der Waals surface area contributed by atoms with E-state index in [1.807, 2.05) is 12.3 Å². The van der Waals surface area contributed by atoms with E-state index in [-0.39, 0.29) is 0 Å². The molecular formula is C12H11N. The van der Waals surface area contributed by atoms with E-state index in [1.165, 1.54) is 41.3 Å². The fraction of sp³-hybridized carbons (Fsp3) is 0.250. The molecule has 1 aromatic heterocycles. The van der Waals surface area contributed by atoms with Crippen LogP contribution in [-0.4, -0.2) is 4.98 Å². The first-order valence-corrected chi connectivity index (χ1v) is 4.80. The van der Waals surface area contributed by atoms with Gasteiger partial charge in [0.25, 0.3) is 0 Å². The molecule has 0 bridgehead atoms. The fourth-order valence-electron chi connectivity index (χ4n) is 2.22. The van der Waals surface area contributed by atoms with Crippen LogP contribution in [0.15, 0.2) is 30.5 Å². The standard InChI is InChI=1S/C12H11N/c1-3-9-6-7-10-4-2-8-13-12(10)11(9)5-1/h2,4,6-8H,1,3,5H2. The lowest BCUT2D eigenvalue weighted by molar-refractivity contribution is 0.913. The number of rotatable bonds is 0. The molecule has 1 heteroatoms. The number of nitrogens with zero attached hydrogens (tertiary/aromatic N) is 1. The van der Waals surface area contributed by atoms with Crippen molar-refractivity contribution in [2.75, 3.05) is 0 Å². The average Bonchev–Trinajstić information content (AvgIpc) is 2.65. The molecule has 1 heterocycles. The predicted molar refractivity (Wildman–Crippen MR) is 53.8 cm³/mol. The normalized spacial score (nSPS) is 14.8. The summed E-state index contributed by atoms with van der Waals surface area (Å²) in [5.41, 5.74) is 4.21. The molecule has 3 rings (SSSR count). The van der Waals surface area contributed by atoms with Crippen molar-refractivity contribution in [1.82, 2.24) is 4.98 Å². The topological polar surface area (TPSA) is 12.9 Å². The molecule has 0 saturated heterocycles. The zero-order chi connectivity index (χ0) is 8.67. The summed E-state index contributed by atoms with van der Waals surface area (Å²) in [4.78, 5) is 4.45. The second-order valence-electron chi connectivity index (χ2n) is 3.63. The molecule has 0 N–H and O–H groups in total. The van der Waals surface area contributed by atoms with E-state index in [4.69, 9.17) is 0 Å². The van der Waals surface area contributed by atoms with Gasteiger partial charge in [0.05, 0.1) is 5.52 Å². The molecule has 0 amide bonds. The molecule has 0 unspecified atom stereocenters. The maximum absolute atomic E-state index is 4.45. The van der Waals surface area contributed by atoms with Gasteiger partial charge in [0.15, 0.2) is 0 Å². The monoisotopic (exact) mass is 169 g/mol. The zero-order valence-corrected chi connectivity index (χ0v) is 7.46. The van der Waals surface area contributed by atoms with Crippen LogP contribution in [-0.2, 0) is 12.8 Å². The Bertz CT molecular complexity index is 460. The zero-order valence-electron chi connectivity index (χ0n) is 7.46. The van der Waals surface area contributed by atoms with Gasteiger partial charge in [-0.1, -0.05) is 18.2 Å². The summed E-state index contributed by atoms with van der Waals surface area (Å²) in [6, 6.07) is 8.59. The van der Waals surface area contributed by atoms with E-state index in [0.717, 1.165) is 0 Å². The third-order valence-electron chi connectivity index (χ3n) is 2.85. The molecule has 0 atom stereocenters. The van der Waals surface area contributed by atoms with E-state index >= 15 is 0 Å². The van der Waals surface area contributed by atoms with Gasteiger partial charge in [-0.2, -0.15) is 0 Å². The Morgan fingerprint density at radius 2 is 2.08 bits per heavy atom. The summed E-state index contributed by atoms with van der Waals surface area (Å²) in [5, 5.41) is 1.28. The third-order valence-corrected chi connectivity index (χ3v) is 2.85. The van der Waals surface area contributed by atoms with Crippen LogP contribution in [0.4, 0.5) is 0 Å². The first kappa shape index (κ1) is 7.07. The van der Waals surface area contributed by atoms with Crippen LogP contribution >= 0.6 is 0 Å². The number of benzene rings is 1. The number of aromatic nitrogens is 1. The lowest BCUT2D eigenvalue weighted by Gasteiger charge is -2.02. The summed E-state index contributed by atoms with van der Waals surface area (Å²) in [7, 11) is 0. The van der Waals surface area contributed by atoms with Crippen molar-refractivity contribution < 1.29 is 0 Å². The van der Waals surface area contributed by atoms with Crippen molar-refractivity contribution in [3.63, 3.8) is 0 Å². The highest BCUT2D eigenvalue weighted by Gasteiger charge is 2.13. The highest BCUT2D eigenvalue weighted by Crippen LogP contribution is 2.27. The molecule has 1 aliphatic rings. The largest absolute Gasteiger partial charge is 0.256 e. The van der Waals surface area contributed by atoms with Crippen LogP contribution in [0.2, 0.25) is 0 Å². The first-order valence-electron chi connectivity index (χ1n) is 4.80. The van der Waals surface area contributed by atoms with Crippen molar-refractivity contribution in [2.24, 2.45) is 0 Å². The molecular weight excluding hydrogens is 158 g/mol. The molecule has 64 valence electrons. The van der Waals surface area contributed by atoms with E-state index in [0.29, 0.717) is 0 Å². The molecule has 0 saturated carbocycles. The predicted octanol–water partition coefficient (Wildman–Crippen LogP) is 2.72. The van der Waals surface area contributed by atoms with Crippen molar-refractivity contribution >= 4 is 10.9 Å². The minimum absolute atomic E-state index is 1.21. The Balaban J connectivity index is 2.43. The molecule has 1 aromatic carbocycles. The van der Waals surface area contributed by atoms with E-state index in [2.05, 4.69) is 23.2 Å². The Labute approximate surface area is 77.4 Å². The van der Waals surface area contributed by atoms with E-state index in [9.17, 15) is 0 Å². The van der Waals surface area contributed by atoms with Crippen molar-refractivity contribution in [3.05, 3.63) is 41.6 Å². The Hall–Kier alpha value is -1.37. The molecule has 1 aliphatic carbocycles. The van der Waals surface area contributed by atoms with Gasteiger partial charge in [-0.15, -0.1) is 0 Å². The van der Waals surface area contributed by atoms with Gasteiger partial charge in [-0.25, -0.2) is 0 Å². The summed E-state index contributed by atoms with van der Waals surface area (Å²) >= 11 is 0. The maximum Gasteiger partial charge on any atom is 0.0736 e. The summed E-state index contributed by atoms with van der Waals surface area (Å²) < 4.78 is 0. The van der Waals surface area contributed by atoms with Gasteiger partial charge in [-0.05, 0) is 36.5 Å². The lowest BCUT2D eigenvalue weighted by atomic mass is 10.1. The summed E-state index contributed by atoms with van der Waals surface area (Å²) in [5.74, 6) is 0. The second-order valence-corrected chi connectivity index (χ2v) is 3.63. The van der Waals surface area contributed by atoms with Gasteiger partial charge >= 0.3 is 0 Å². The van der Waals surface area contributed by atoms with Gasteiger partial charge in [0, 0.05) is 11.6 Å². The van der Waals surface area contributed by atoms with Crippen LogP contribution in [0.3, 0.4) is 0 Å². The minimum Gasteiger partial charge on any atom is -0.256 e. The highest BCUT2D eigenvalue weighted by atomic mass is 14.7. The van der Waals surface area contributed by atoms with Crippen LogP contribution < -0.4 is 0 Å². The molecule has 1 nitrogen and oxygen atoms in total. The quantitative estimate of drug-likeness (QED) is 0.591. The van der Waals surface area contributed by atoms with Crippen LogP contribution in [0.5, 0.6) is 0 Å². The van der Waals surface area contributed by atoms with Crippen LogP contribution in [0, 0.1) is 0 Å². The molecule has 0 aliphatic heterocycles.